The molecular weight excluding hydrogens is 402 g/mol. The standard InChI is InChI=1S/C31H51NO/c1-26(2)13-9-14-29(5)23(26)12-15-31(7)24(29)11-10-21-22-20-28(4,25(33)32-8)17-16-27(22,3)18-19-30(21,31)6/h10,22-24H,9,11-20H2,1-8H3,(H,32,33)/t22-,23?,24-,27-,28?,29+,30-,31-/m1/s1. The lowest BCUT2D eigenvalue weighted by Crippen LogP contribution is -2.63. The van der Waals surface area contributed by atoms with Crippen molar-refractivity contribution in [3.63, 3.8) is 0 Å². The number of carbonyl (C=O) groups excluding carboxylic acids is 1. The number of rotatable bonds is 1. The molecular formula is C31H51NO. The van der Waals surface area contributed by atoms with Gasteiger partial charge < -0.3 is 5.32 Å². The maximum atomic E-state index is 12.9. The topological polar surface area (TPSA) is 29.1 Å². The monoisotopic (exact) mass is 453 g/mol. The van der Waals surface area contributed by atoms with Crippen molar-refractivity contribution in [2.24, 2.45) is 50.2 Å². The Morgan fingerprint density at radius 2 is 1.58 bits per heavy atom. The van der Waals surface area contributed by atoms with Gasteiger partial charge in [0.05, 0.1) is 0 Å². The molecule has 0 aliphatic heterocycles. The Labute approximate surface area is 204 Å². The maximum Gasteiger partial charge on any atom is 0.225 e. The summed E-state index contributed by atoms with van der Waals surface area (Å²) >= 11 is 0. The normalized spacial score (nSPS) is 53.0. The zero-order chi connectivity index (χ0) is 24.1. The smallest absolute Gasteiger partial charge is 0.225 e. The molecule has 2 heteroatoms. The summed E-state index contributed by atoms with van der Waals surface area (Å²) in [6, 6.07) is 0. The fourth-order valence-electron chi connectivity index (χ4n) is 11.0. The van der Waals surface area contributed by atoms with E-state index < -0.39 is 0 Å². The molecule has 5 aliphatic rings. The minimum atomic E-state index is -0.215. The second kappa shape index (κ2) is 7.13. The van der Waals surface area contributed by atoms with E-state index in [2.05, 4.69) is 59.9 Å². The quantitative estimate of drug-likeness (QED) is 0.401. The fraction of sp³-hybridized carbons (Fsp3) is 0.903. The lowest BCUT2D eigenvalue weighted by Gasteiger charge is -2.71. The molecule has 0 spiro atoms. The van der Waals surface area contributed by atoms with Gasteiger partial charge in [-0.2, -0.15) is 0 Å². The summed E-state index contributed by atoms with van der Waals surface area (Å²) in [6.07, 6.45) is 17.0. The Hall–Kier alpha value is -0.790. The van der Waals surface area contributed by atoms with Gasteiger partial charge in [0.2, 0.25) is 5.91 Å². The highest BCUT2D eigenvalue weighted by Crippen LogP contribution is 2.75. The van der Waals surface area contributed by atoms with Crippen molar-refractivity contribution in [2.75, 3.05) is 7.05 Å². The van der Waals surface area contributed by atoms with Crippen molar-refractivity contribution in [1.29, 1.82) is 0 Å². The molecule has 1 amide bonds. The summed E-state index contributed by atoms with van der Waals surface area (Å²) in [6.45, 7) is 18.0. The zero-order valence-electron chi connectivity index (χ0n) is 23.0. The van der Waals surface area contributed by atoms with Crippen LogP contribution in [0.25, 0.3) is 0 Å². The Balaban J connectivity index is 1.56. The van der Waals surface area contributed by atoms with E-state index in [1.54, 1.807) is 5.57 Å². The van der Waals surface area contributed by atoms with Crippen LogP contribution in [0.1, 0.15) is 119 Å². The van der Waals surface area contributed by atoms with Gasteiger partial charge in [0, 0.05) is 12.5 Å². The van der Waals surface area contributed by atoms with E-state index in [0.717, 1.165) is 24.7 Å². The summed E-state index contributed by atoms with van der Waals surface area (Å²) in [5, 5.41) is 3.00. The van der Waals surface area contributed by atoms with Gasteiger partial charge in [0.25, 0.3) is 0 Å². The van der Waals surface area contributed by atoms with Crippen LogP contribution in [-0.4, -0.2) is 13.0 Å². The van der Waals surface area contributed by atoms with Crippen LogP contribution in [-0.2, 0) is 4.79 Å². The van der Waals surface area contributed by atoms with Gasteiger partial charge in [-0.1, -0.05) is 66.5 Å². The van der Waals surface area contributed by atoms with E-state index >= 15 is 0 Å². The predicted octanol–water partition coefficient (Wildman–Crippen LogP) is 7.92. The number of fused-ring (bicyclic) bond motifs is 7. The molecule has 0 aromatic heterocycles. The second-order valence-electron chi connectivity index (χ2n) is 15.2. The molecule has 4 saturated carbocycles. The van der Waals surface area contributed by atoms with Gasteiger partial charge in [-0.25, -0.2) is 0 Å². The Kier molecular flexibility index (Phi) is 5.17. The maximum absolute atomic E-state index is 12.9. The van der Waals surface area contributed by atoms with E-state index in [1.807, 2.05) is 7.05 Å². The molecule has 0 heterocycles. The lowest BCUT2D eigenvalue weighted by molar-refractivity contribution is -0.180. The van der Waals surface area contributed by atoms with Gasteiger partial charge in [0.1, 0.15) is 0 Å². The average Bonchev–Trinajstić information content (AvgIpc) is 2.74. The number of amides is 1. The third-order valence-corrected chi connectivity index (χ3v) is 13.4. The van der Waals surface area contributed by atoms with Crippen LogP contribution in [0.3, 0.4) is 0 Å². The minimum Gasteiger partial charge on any atom is -0.359 e. The first-order valence-corrected chi connectivity index (χ1v) is 14.2. The van der Waals surface area contributed by atoms with Crippen LogP contribution < -0.4 is 5.32 Å². The van der Waals surface area contributed by atoms with Gasteiger partial charge >= 0.3 is 0 Å². The van der Waals surface area contributed by atoms with Crippen molar-refractivity contribution in [3.05, 3.63) is 11.6 Å². The third-order valence-electron chi connectivity index (χ3n) is 13.4. The number of allylic oxidation sites excluding steroid dienone is 2. The van der Waals surface area contributed by atoms with Crippen LogP contribution in [0, 0.1) is 50.2 Å². The first kappa shape index (κ1) is 23.9. The SMILES string of the molecule is CNC(=O)C1(C)CC[C@]2(C)CC[C@]3(C)C(=CC[C@@H]4[C@@]5(C)CCCC(C)(C)C5CC[C@]43C)[C@H]2C1. The van der Waals surface area contributed by atoms with Crippen molar-refractivity contribution >= 4 is 5.91 Å². The minimum absolute atomic E-state index is 0.215. The third kappa shape index (κ3) is 3.00. The zero-order valence-corrected chi connectivity index (χ0v) is 23.0. The van der Waals surface area contributed by atoms with Gasteiger partial charge in [-0.3, -0.25) is 4.79 Å². The van der Waals surface area contributed by atoms with Crippen molar-refractivity contribution in [2.45, 2.75) is 119 Å². The molecule has 1 N–H and O–H groups in total. The molecule has 8 atom stereocenters. The van der Waals surface area contributed by atoms with Crippen molar-refractivity contribution < 1.29 is 4.79 Å². The molecule has 33 heavy (non-hydrogen) atoms. The second-order valence-corrected chi connectivity index (χ2v) is 15.2. The van der Waals surface area contributed by atoms with E-state index in [4.69, 9.17) is 0 Å². The van der Waals surface area contributed by atoms with E-state index in [9.17, 15) is 4.79 Å². The first-order chi connectivity index (χ1) is 15.3. The highest BCUT2D eigenvalue weighted by molar-refractivity contribution is 5.82. The van der Waals surface area contributed by atoms with Gasteiger partial charge in [-0.05, 0) is 109 Å². The van der Waals surface area contributed by atoms with Crippen molar-refractivity contribution in [3.8, 4) is 0 Å². The van der Waals surface area contributed by atoms with Crippen LogP contribution in [0.5, 0.6) is 0 Å². The number of hydrogen-bond donors (Lipinski definition) is 1. The predicted molar refractivity (Wildman–Crippen MR) is 138 cm³/mol. The molecule has 186 valence electrons. The molecule has 5 aliphatic carbocycles. The van der Waals surface area contributed by atoms with Crippen molar-refractivity contribution in [1.82, 2.24) is 5.32 Å². The highest BCUT2D eigenvalue weighted by atomic mass is 16.2. The Bertz CT molecular complexity index is 872. The molecule has 0 aromatic rings. The number of nitrogens with one attached hydrogen (secondary N) is 1. The summed E-state index contributed by atoms with van der Waals surface area (Å²) in [5.74, 6) is 2.50. The van der Waals surface area contributed by atoms with Crippen LogP contribution in [0.2, 0.25) is 0 Å². The largest absolute Gasteiger partial charge is 0.359 e. The summed E-state index contributed by atoms with van der Waals surface area (Å²) in [7, 11) is 1.82. The first-order valence-electron chi connectivity index (χ1n) is 14.2. The van der Waals surface area contributed by atoms with Crippen LogP contribution in [0.15, 0.2) is 11.6 Å². The Morgan fingerprint density at radius 3 is 2.27 bits per heavy atom. The van der Waals surface area contributed by atoms with E-state index in [0.29, 0.717) is 27.6 Å². The Morgan fingerprint density at radius 1 is 0.879 bits per heavy atom. The van der Waals surface area contributed by atoms with E-state index in [1.165, 1.54) is 57.8 Å². The lowest BCUT2D eigenvalue weighted by atomic mass is 9.34. The molecule has 0 saturated heterocycles. The fourth-order valence-corrected chi connectivity index (χ4v) is 11.0. The molecule has 0 radical (unpaired) electrons. The van der Waals surface area contributed by atoms with Gasteiger partial charge in [-0.15, -0.1) is 0 Å². The average molecular weight is 454 g/mol. The summed E-state index contributed by atoms with van der Waals surface area (Å²) in [4.78, 5) is 12.9. The van der Waals surface area contributed by atoms with Gasteiger partial charge in [0.15, 0.2) is 0 Å². The van der Waals surface area contributed by atoms with Crippen LogP contribution in [0.4, 0.5) is 0 Å². The van der Waals surface area contributed by atoms with Crippen LogP contribution >= 0.6 is 0 Å². The molecule has 5 rings (SSSR count). The molecule has 0 bridgehead atoms. The molecule has 0 aromatic carbocycles. The molecule has 2 unspecified atom stereocenters. The molecule has 2 nitrogen and oxygen atoms in total. The van der Waals surface area contributed by atoms with E-state index in [-0.39, 0.29) is 16.7 Å². The molecule has 4 fully saturated rings. The number of hydrogen-bond acceptors (Lipinski definition) is 1. The summed E-state index contributed by atoms with van der Waals surface area (Å²) in [5.41, 5.74) is 3.56. The number of carbonyl (C=O) groups is 1. The summed E-state index contributed by atoms with van der Waals surface area (Å²) < 4.78 is 0. The highest BCUT2D eigenvalue weighted by Gasteiger charge is 2.67.